The largest absolute Gasteiger partial charge is 0.480 e. The zero-order valence-corrected chi connectivity index (χ0v) is 11.1. The summed E-state index contributed by atoms with van der Waals surface area (Å²) in [6.45, 7) is 2.75. The van der Waals surface area contributed by atoms with Crippen LogP contribution in [0.15, 0.2) is 10.7 Å². The van der Waals surface area contributed by atoms with E-state index in [1.807, 2.05) is 0 Å². The van der Waals surface area contributed by atoms with Crippen LogP contribution in [0.4, 0.5) is 5.95 Å². The van der Waals surface area contributed by atoms with E-state index < -0.39 is 0 Å². The van der Waals surface area contributed by atoms with Crippen LogP contribution in [0.5, 0.6) is 5.88 Å². The van der Waals surface area contributed by atoms with Gasteiger partial charge in [-0.25, -0.2) is 4.98 Å². The molecule has 1 atom stereocenters. The van der Waals surface area contributed by atoms with Crippen molar-refractivity contribution in [3.8, 4) is 5.88 Å². The summed E-state index contributed by atoms with van der Waals surface area (Å²) in [6, 6.07) is 0.302. The molecule has 1 rings (SSSR count). The van der Waals surface area contributed by atoms with Crippen molar-refractivity contribution in [1.82, 2.24) is 9.97 Å². The molecule has 0 fully saturated rings. The maximum Gasteiger partial charge on any atom is 0.232 e. The van der Waals surface area contributed by atoms with Crippen LogP contribution < -0.4 is 15.8 Å². The molecular weight excluding hydrogens is 272 g/mol. The highest BCUT2D eigenvalue weighted by Crippen LogP contribution is 2.22. The van der Waals surface area contributed by atoms with E-state index in [1.165, 1.54) is 0 Å². The Balaban J connectivity index is 2.72. The number of anilines is 1. The Kier molecular flexibility index (Phi) is 5.48. The zero-order valence-electron chi connectivity index (χ0n) is 9.53. The lowest BCUT2D eigenvalue weighted by molar-refractivity contribution is 0.394. The highest BCUT2D eigenvalue weighted by molar-refractivity contribution is 9.10. The number of hydrogen-bond donors (Lipinski definition) is 2. The Hall–Kier alpha value is -0.880. The van der Waals surface area contributed by atoms with E-state index in [4.69, 9.17) is 10.5 Å². The highest BCUT2D eigenvalue weighted by atomic mass is 79.9. The van der Waals surface area contributed by atoms with Gasteiger partial charge in [0, 0.05) is 6.04 Å². The standard InChI is InChI=1S/C10H17BrN4O/c1-3-7(4-5-12)14-10-13-6-8(11)9(15-10)16-2/h6-7H,3-5,12H2,1-2H3,(H,13,14,15). The van der Waals surface area contributed by atoms with Crippen LogP contribution in [0.1, 0.15) is 19.8 Å². The number of ether oxygens (including phenoxy) is 1. The van der Waals surface area contributed by atoms with Crippen molar-refractivity contribution >= 4 is 21.9 Å². The zero-order chi connectivity index (χ0) is 12.0. The average Bonchev–Trinajstić information content (AvgIpc) is 2.30. The minimum Gasteiger partial charge on any atom is -0.480 e. The Morgan fingerprint density at radius 2 is 2.38 bits per heavy atom. The van der Waals surface area contributed by atoms with Gasteiger partial charge in [0.1, 0.15) is 0 Å². The van der Waals surface area contributed by atoms with Crippen molar-refractivity contribution in [3.63, 3.8) is 0 Å². The number of nitrogens with two attached hydrogens (primary N) is 1. The molecule has 1 aromatic rings. The molecule has 5 nitrogen and oxygen atoms in total. The molecular formula is C10H17BrN4O. The van der Waals surface area contributed by atoms with E-state index in [0.717, 1.165) is 17.3 Å². The summed E-state index contributed by atoms with van der Waals surface area (Å²) in [5.74, 6) is 1.10. The summed E-state index contributed by atoms with van der Waals surface area (Å²) in [5.41, 5.74) is 5.53. The third-order valence-corrected chi connectivity index (χ3v) is 2.79. The van der Waals surface area contributed by atoms with E-state index in [1.54, 1.807) is 13.3 Å². The van der Waals surface area contributed by atoms with Crippen LogP contribution in [-0.4, -0.2) is 29.7 Å². The first-order chi connectivity index (χ1) is 7.71. The second-order valence-corrected chi connectivity index (χ2v) is 4.23. The van der Waals surface area contributed by atoms with Crippen LogP contribution in [-0.2, 0) is 0 Å². The smallest absolute Gasteiger partial charge is 0.232 e. The van der Waals surface area contributed by atoms with Crippen molar-refractivity contribution in [3.05, 3.63) is 10.7 Å². The molecule has 0 saturated heterocycles. The van der Waals surface area contributed by atoms with E-state index >= 15 is 0 Å². The number of nitrogens with one attached hydrogen (secondary N) is 1. The Morgan fingerprint density at radius 3 is 2.94 bits per heavy atom. The summed E-state index contributed by atoms with van der Waals surface area (Å²) >= 11 is 3.31. The first-order valence-electron chi connectivity index (χ1n) is 5.24. The molecule has 0 bridgehead atoms. The number of hydrogen-bond acceptors (Lipinski definition) is 5. The molecule has 0 amide bonds. The molecule has 1 aromatic heterocycles. The Bertz CT molecular complexity index is 335. The molecule has 0 aromatic carbocycles. The lowest BCUT2D eigenvalue weighted by Gasteiger charge is -2.16. The second-order valence-electron chi connectivity index (χ2n) is 3.38. The summed E-state index contributed by atoms with van der Waals surface area (Å²) in [6.07, 6.45) is 3.56. The second kappa shape index (κ2) is 6.65. The summed E-state index contributed by atoms with van der Waals surface area (Å²) in [7, 11) is 1.58. The summed E-state index contributed by atoms with van der Waals surface area (Å²) in [5, 5.41) is 3.23. The molecule has 0 aliphatic carbocycles. The molecule has 0 saturated carbocycles. The SMILES string of the molecule is CCC(CCN)Nc1ncc(Br)c(OC)n1. The monoisotopic (exact) mass is 288 g/mol. The van der Waals surface area contributed by atoms with Crippen LogP contribution >= 0.6 is 15.9 Å². The van der Waals surface area contributed by atoms with E-state index in [2.05, 4.69) is 38.1 Å². The molecule has 0 aliphatic rings. The van der Waals surface area contributed by atoms with Gasteiger partial charge in [0.2, 0.25) is 11.8 Å². The molecule has 16 heavy (non-hydrogen) atoms. The topological polar surface area (TPSA) is 73.1 Å². The van der Waals surface area contributed by atoms with Crippen LogP contribution in [0.25, 0.3) is 0 Å². The third-order valence-electron chi connectivity index (χ3n) is 2.25. The number of aromatic nitrogens is 2. The average molecular weight is 289 g/mol. The molecule has 0 spiro atoms. The fourth-order valence-corrected chi connectivity index (χ4v) is 1.68. The van der Waals surface area contributed by atoms with Gasteiger partial charge in [0.05, 0.1) is 17.8 Å². The molecule has 0 radical (unpaired) electrons. The van der Waals surface area contributed by atoms with Crippen molar-refractivity contribution < 1.29 is 4.74 Å². The van der Waals surface area contributed by atoms with Gasteiger partial charge in [-0.1, -0.05) is 6.92 Å². The molecule has 1 unspecified atom stereocenters. The maximum absolute atomic E-state index is 5.53. The third kappa shape index (κ3) is 3.61. The first kappa shape index (κ1) is 13.2. The van der Waals surface area contributed by atoms with Gasteiger partial charge in [-0.15, -0.1) is 0 Å². The lowest BCUT2D eigenvalue weighted by atomic mass is 10.1. The minimum atomic E-state index is 0.302. The molecule has 90 valence electrons. The predicted molar refractivity (Wildman–Crippen MR) is 67.7 cm³/mol. The van der Waals surface area contributed by atoms with E-state index in [-0.39, 0.29) is 0 Å². The van der Waals surface area contributed by atoms with Gasteiger partial charge >= 0.3 is 0 Å². The van der Waals surface area contributed by atoms with Crippen molar-refractivity contribution in [2.45, 2.75) is 25.8 Å². The number of methoxy groups -OCH3 is 1. The van der Waals surface area contributed by atoms with E-state index in [9.17, 15) is 0 Å². The number of halogens is 1. The van der Waals surface area contributed by atoms with Gasteiger partial charge in [0.15, 0.2) is 0 Å². The fourth-order valence-electron chi connectivity index (χ4n) is 1.33. The lowest BCUT2D eigenvalue weighted by Crippen LogP contribution is -2.23. The summed E-state index contributed by atoms with van der Waals surface area (Å²) in [4.78, 5) is 8.40. The number of rotatable bonds is 6. The van der Waals surface area contributed by atoms with E-state index in [0.29, 0.717) is 24.4 Å². The molecule has 3 N–H and O–H groups in total. The van der Waals surface area contributed by atoms with Gasteiger partial charge < -0.3 is 15.8 Å². The Morgan fingerprint density at radius 1 is 1.62 bits per heavy atom. The minimum absolute atomic E-state index is 0.302. The maximum atomic E-state index is 5.53. The predicted octanol–water partition coefficient (Wildman–Crippen LogP) is 1.79. The van der Waals surface area contributed by atoms with Crippen LogP contribution in [0.3, 0.4) is 0 Å². The van der Waals surface area contributed by atoms with Crippen LogP contribution in [0.2, 0.25) is 0 Å². The quantitative estimate of drug-likeness (QED) is 0.835. The molecule has 0 aliphatic heterocycles. The highest BCUT2D eigenvalue weighted by Gasteiger charge is 2.09. The normalized spacial score (nSPS) is 12.2. The van der Waals surface area contributed by atoms with Gasteiger partial charge in [-0.3, -0.25) is 0 Å². The van der Waals surface area contributed by atoms with Crippen LogP contribution in [0, 0.1) is 0 Å². The fraction of sp³-hybridized carbons (Fsp3) is 0.600. The molecule has 1 heterocycles. The van der Waals surface area contributed by atoms with Crippen molar-refractivity contribution in [2.24, 2.45) is 5.73 Å². The first-order valence-corrected chi connectivity index (χ1v) is 6.03. The van der Waals surface area contributed by atoms with Gasteiger partial charge in [-0.2, -0.15) is 4.98 Å². The van der Waals surface area contributed by atoms with Gasteiger partial charge in [0.25, 0.3) is 0 Å². The van der Waals surface area contributed by atoms with Crippen molar-refractivity contribution in [2.75, 3.05) is 19.0 Å². The Labute approximate surface area is 104 Å². The number of nitrogens with zero attached hydrogens (tertiary/aromatic N) is 2. The molecule has 6 heteroatoms. The summed E-state index contributed by atoms with van der Waals surface area (Å²) < 4.78 is 5.84. The van der Waals surface area contributed by atoms with Crippen molar-refractivity contribution in [1.29, 1.82) is 0 Å². The van der Waals surface area contributed by atoms with Gasteiger partial charge in [-0.05, 0) is 35.3 Å².